The van der Waals surface area contributed by atoms with Gasteiger partial charge >= 0.3 is 0 Å². The minimum absolute atomic E-state index is 0.167. The van der Waals surface area contributed by atoms with Gasteiger partial charge in [-0.1, -0.05) is 48.5 Å². The monoisotopic (exact) mass is 652 g/mol. The number of hydrogen-bond acceptors (Lipinski definition) is 8. The number of nitrogens with one attached hydrogen (secondary N) is 2. The fraction of sp³-hybridized carbons (Fsp3) is 0.128. The van der Waals surface area contributed by atoms with Crippen LogP contribution in [0.5, 0.6) is 11.5 Å². The fourth-order valence-electron chi connectivity index (χ4n) is 6.43. The Morgan fingerprint density at radius 2 is 1.04 bits per heavy atom. The zero-order chi connectivity index (χ0) is 31.7. The van der Waals surface area contributed by atoms with Crippen LogP contribution in [-0.4, -0.2) is 21.6 Å². The summed E-state index contributed by atoms with van der Waals surface area (Å²) in [6.45, 7) is 0. The Labute approximate surface area is 281 Å². The summed E-state index contributed by atoms with van der Waals surface area (Å²) in [5.41, 5.74) is 9.49. The third kappa shape index (κ3) is 6.05. The first-order valence-electron chi connectivity index (χ1n) is 15.6. The molecule has 0 aliphatic carbocycles. The minimum Gasteiger partial charge on any atom is -0.508 e. The predicted molar refractivity (Wildman–Crippen MR) is 195 cm³/mol. The molecule has 0 bridgehead atoms. The first-order valence-corrected chi connectivity index (χ1v) is 17.4. The molecule has 2 aliphatic rings. The number of benzene rings is 4. The highest BCUT2D eigenvalue weighted by molar-refractivity contribution is 7.12. The van der Waals surface area contributed by atoms with Crippen molar-refractivity contribution in [2.24, 2.45) is 9.98 Å². The van der Waals surface area contributed by atoms with E-state index in [1.165, 1.54) is 0 Å². The SMILES string of the molecule is Oc1ccc(Cc2ccc(O)c(C3CC(c4cccs4)=Nc4ccccc4N3)c2)cc1C1CC(c2cccs2)=Nc2ccccc2N1. The van der Waals surface area contributed by atoms with Crippen LogP contribution >= 0.6 is 22.7 Å². The van der Waals surface area contributed by atoms with Crippen LogP contribution in [0.1, 0.15) is 56.9 Å². The van der Waals surface area contributed by atoms with Crippen molar-refractivity contribution in [1.29, 1.82) is 0 Å². The Morgan fingerprint density at radius 3 is 1.49 bits per heavy atom. The second-order valence-electron chi connectivity index (χ2n) is 11.9. The number of aliphatic imine (C=N–C) groups is 2. The Kier molecular flexibility index (Phi) is 7.81. The zero-order valence-corrected chi connectivity index (χ0v) is 27.1. The van der Waals surface area contributed by atoms with Crippen molar-refractivity contribution in [3.8, 4) is 11.5 Å². The molecule has 2 aromatic heterocycles. The average Bonchev–Trinajstić information content (AvgIpc) is 3.76. The summed E-state index contributed by atoms with van der Waals surface area (Å²) in [7, 11) is 0. The maximum atomic E-state index is 11.1. The Hall–Kier alpha value is -5.18. The molecule has 6 nitrogen and oxygen atoms in total. The van der Waals surface area contributed by atoms with E-state index in [0.717, 1.165) is 66.2 Å². The maximum absolute atomic E-state index is 11.1. The molecule has 47 heavy (non-hydrogen) atoms. The zero-order valence-electron chi connectivity index (χ0n) is 25.4. The number of anilines is 2. The molecule has 0 spiro atoms. The van der Waals surface area contributed by atoms with Crippen molar-refractivity contribution in [3.05, 3.63) is 152 Å². The van der Waals surface area contributed by atoms with Crippen molar-refractivity contribution in [1.82, 2.24) is 0 Å². The lowest BCUT2D eigenvalue weighted by atomic mass is 9.93. The third-order valence-electron chi connectivity index (χ3n) is 8.73. The second-order valence-corrected chi connectivity index (χ2v) is 13.8. The summed E-state index contributed by atoms with van der Waals surface area (Å²) < 4.78 is 0. The molecule has 4 aromatic carbocycles. The van der Waals surface area contributed by atoms with Gasteiger partial charge in [-0.2, -0.15) is 0 Å². The van der Waals surface area contributed by atoms with Crippen LogP contribution in [-0.2, 0) is 6.42 Å². The first-order chi connectivity index (χ1) is 23.1. The molecule has 8 rings (SSSR count). The third-order valence-corrected chi connectivity index (χ3v) is 10.6. The predicted octanol–water partition coefficient (Wildman–Crippen LogP) is 10.2. The Morgan fingerprint density at radius 1 is 0.574 bits per heavy atom. The van der Waals surface area contributed by atoms with Crippen LogP contribution < -0.4 is 10.6 Å². The average molecular weight is 653 g/mol. The number of rotatable bonds is 6. The van der Waals surface area contributed by atoms with Crippen molar-refractivity contribution >= 4 is 56.8 Å². The van der Waals surface area contributed by atoms with Gasteiger partial charge in [0.25, 0.3) is 0 Å². The van der Waals surface area contributed by atoms with Gasteiger partial charge in [0.2, 0.25) is 0 Å². The first kappa shape index (κ1) is 29.2. The number of thiophene rings is 2. The Balaban J connectivity index is 1.10. The van der Waals surface area contributed by atoms with E-state index in [-0.39, 0.29) is 23.6 Å². The molecule has 0 fully saturated rings. The smallest absolute Gasteiger partial charge is 0.120 e. The summed E-state index contributed by atoms with van der Waals surface area (Å²) in [5, 5.41) is 33.8. The summed E-state index contributed by atoms with van der Waals surface area (Å²) >= 11 is 3.35. The van der Waals surface area contributed by atoms with E-state index in [9.17, 15) is 10.2 Å². The lowest BCUT2D eigenvalue weighted by molar-refractivity contribution is 0.464. The fourth-order valence-corrected chi connectivity index (χ4v) is 7.88. The van der Waals surface area contributed by atoms with E-state index in [4.69, 9.17) is 9.98 Å². The van der Waals surface area contributed by atoms with Crippen molar-refractivity contribution in [2.75, 3.05) is 10.6 Å². The molecule has 4 heterocycles. The molecule has 232 valence electrons. The van der Waals surface area contributed by atoms with Crippen LogP contribution in [0.2, 0.25) is 0 Å². The van der Waals surface area contributed by atoms with Crippen LogP contribution in [0, 0.1) is 0 Å². The number of nitrogens with zero attached hydrogens (tertiary/aromatic N) is 2. The highest BCUT2D eigenvalue weighted by atomic mass is 32.1. The lowest BCUT2D eigenvalue weighted by Gasteiger charge is -2.22. The highest BCUT2D eigenvalue weighted by Crippen LogP contribution is 2.41. The number of fused-ring (bicyclic) bond motifs is 2. The quantitative estimate of drug-likeness (QED) is 0.144. The molecule has 4 N–H and O–H groups in total. The topological polar surface area (TPSA) is 89.2 Å². The van der Waals surface area contributed by atoms with Gasteiger partial charge in [0.15, 0.2) is 0 Å². The van der Waals surface area contributed by atoms with E-state index >= 15 is 0 Å². The number of phenols is 2. The van der Waals surface area contributed by atoms with Gasteiger partial charge in [-0.25, -0.2) is 9.98 Å². The van der Waals surface area contributed by atoms with Gasteiger partial charge < -0.3 is 20.8 Å². The summed E-state index contributed by atoms with van der Waals surface area (Å²) in [6.07, 6.45) is 1.92. The standard InChI is InChI=1S/C39H32N4O2S2/c44-36-15-13-24(20-26(36)32-22-34(38-11-5-17-46-38)42-30-9-3-1-7-28(30)40-32)19-25-14-16-37(45)27(21-25)33-23-35(39-12-6-18-47-39)43-31-10-4-2-8-29(31)41-33/h1-18,20-21,32-33,40-41,44-45H,19,22-23H2. The molecule has 0 amide bonds. The summed E-state index contributed by atoms with van der Waals surface area (Å²) in [5.74, 6) is 0.508. The van der Waals surface area contributed by atoms with Gasteiger partial charge in [0.05, 0.1) is 46.3 Å². The van der Waals surface area contributed by atoms with Gasteiger partial charge in [-0.3, -0.25) is 0 Å². The van der Waals surface area contributed by atoms with Crippen molar-refractivity contribution < 1.29 is 10.2 Å². The largest absolute Gasteiger partial charge is 0.508 e. The van der Waals surface area contributed by atoms with E-state index in [2.05, 4.69) is 45.7 Å². The maximum Gasteiger partial charge on any atom is 0.120 e. The molecular formula is C39H32N4O2S2. The van der Waals surface area contributed by atoms with Gasteiger partial charge in [-0.15, -0.1) is 22.7 Å². The Bertz CT molecular complexity index is 1970. The van der Waals surface area contributed by atoms with Gasteiger partial charge in [-0.05, 0) is 89.0 Å². The van der Waals surface area contributed by atoms with E-state index in [1.807, 2.05) is 72.8 Å². The molecule has 6 aromatic rings. The number of aromatic hydroxyl groups is 2. The molecule has 2 atom stereocenters. The normalized spacial score (nSPS) is 17.2. The van der Waals surface area contributed by atoms with Gasteiger partial charge in [0, 0.05) is 33.7 Å². The summed E-state index contributed by atoms with van der Waals surface area (Å²) in [4.78, 5) is 12.3. The van der Waals surface area contributed by atoms with E-state index in [1.54, 1.807) is 34.8 Å². The second kappa shape index (κ2) is 12.5. The van der Waals surface area contributed by atoms with Crippen LogP contribution in [0.15, 0.2) is 130 Å². The van der Waals surface area contributed by atoms with Crippen LogP contribution in [0.25, 0.3) is 0 Å². The molecule has 8 heteroatoms. The van der Waals surface area contributed by atoms with Crippen molar-refractivity contribution in [2.45, 2.75) is 31.3 Å². The highest BCUT2D eigenvalue weighted by Gasteiger charge is 2.26. The number of hydrogen-bond donors (Lipinski definition) is 4. The summed E-state index contributed by atoms with van der Waals surface area (Å²) in [6, 6.07) is 35.8. The van der Waals surface area contributed by atoms with Crippen molar-refractivity contribution in [3.63, 3.8) is 0 Å². The molecule has 0 saturated carbocycles. The molecule has 0 saturated heterocycles. The van der Waals surface area contributed by atoms with E-state index < -0.39 is 0 Å². The minimum atomic E-state index is -0.167. The number of para-hydroxylation sites is 4. The molecule has 0 radical (unpaired) electrons. The van der Waals surface area contributed by atoms with E-state index in [0.29, 0.717) is 19.3 Å². The number of phenolic OH excluding ortho intramolecular Hbond substituents is 2. The van der Waals surface area contributed by atoms with Gasteiger partial charge in [0.1, 0.15) is 11.5 Å². The molecule has 2 unspecified atom stereocenters. The van der Waals surface area contributed by atoms with Crippen LogP contribution in [0.4, 0.5) is 22.7 Å². The van der Waals surface area contributed by atoms with Crippen LogP contribution in [0.3, 0.4) is 0 Å². The lowest BCUT2D eigenvalue weighted by Crippen LogP contribution is -2.15. The molecule has 2 aliphatic heterocycles. The molecular weight excluding hydrogens is 621 g/mol.